The summed E-state index contributed by atoms with van der Waals surface area (Å²) in [5, 5.41) is 4.37. The number of halogens is 1. The molecular formula is C10H12ClNO3S. The Bertz CT molecular complexity index is 523. The molecule has 4 nitrogen and oxygen atoms in total. The van der Waals surface area contributed by atoms with E-state index in [0.29, 0.717) is 5.56 Å². The van der Waals surface area contributed by atoms with Crippen molar-refractivity contribution < 1.29 is 13.2 Å². The first-order valence-corrected chi connectivity index (χ1v) is 6.52. The van der Waals surface area contributed by atoms with E-state index in [9.17, 15) is 13.2 Å². The van der Waals surface area contributed by atoms with Gasteiger partial charge in [0, 0.05) is 5.56 Å². The van der Waals surface area contributed by atoms with Crippen LogP contribution in [0.15, 0.2) is 23.1 Å². The molecule has 0 heterocycles. The van der Waals surface area contributed by atoms with Crippen LogP contribution in [0.4, 0.5) is 0 Å². The Morgan fingerprint density at radius 1 is 1.38 bits per heavy atom. The van der Waals surface area contributed by atoms with Crippen molar-refractivity contribution in [2.24, 2.45) is 5.14 Å². The molecule has 1 rings (SSSR count). The summed E-state index contributed by atoms with van der Waals surface area (Å²) in [6.07, 6.45) is 0. The molecule has 0 saturated carbocycles. The van der Waals surface area contributed by atoms with Crippen LogP contribution in [0.2, 0.25) is 0 Å². The summed E-state index contributed by atoms with van der Waals surface area (Å²) in [4.78, 5) is 10.9. The summed E-state index contributed by atoms with van der Waals surface area (Å²) in [5.41, 5.74) is 0.694. The third-order valence-corrected chi connectivity index (χ3v) is 3.35. The highest BCUT2D eigenvalue weighted by molar-refractivity contribution is 7.89. The van der Waals surface area contributed by atoms with Crippen molar-refractivity contribution in [3.05, 3.63) is 29.3 Å². The molecule has 16 heavy (non-hydrogen) atoms. The Balaban J connectivity index is 3.51. The zero-order valence-electron chi connectivity index (χ0n) is 8.90. The molecular weight excluding hydrogens is 250 g/mol. The molecule has 0 fully saturated rings. The summed E-state index contributed by atoms with van der Waals surface area (Å²) >= 11 is 5.28. The van der Waals surface area contributed by atoms with Crippen LogP contribution in [0.25, 0.3) is 0 Å². The monoisotopic (exact) mass is 261 g/mol. The number of benzene rings is 1. The predicted molar refractivity (Wildman–Crippen MR) is 62.1 cm³/mol. The molecule has 2 N–H and O–H groups in total. The maximum atomic E-state index is 11.4. The van der Waals surface area contributed by atoms with Gasteiger partial charge in [-0.2, -0.15) is 0 Å². The van der Waals surface area contributed by atoms with Crippen LogP contribution in [0.5, 0.6) is 0 Å². The number of hydrogen-bond donors (Lipinski definition) is 1. The minimum Gasteiger partial charge on any atom is -0.276 e. The quantitative estimate of drug-likeness (QED) is 0.844. The van der Waals surface area contributed by atoms with Crippen molar-refractivity contribution >= 4 is 26.9 Å². The maximum Gasteiger partial charge on any atom is 0.252 e. The highest BCUT2D eigenvalue weighted by Gasteiger charge is 2.18. The molecule has 0 aliphatic rings. The second kappa shape index (κ2) is 4.53. The lowest BCUT2D eigenvalue weighted by Gasteiger charge is -2.11. The number of carbonyl (C=O) groups excluding carboxylic acids is 1. The molecule has 0 saturated heterocycles. The van der Waals surface area contributed by atoms with Crippen LogP contribution >= 0.6 is 11.6 Å². The van der Waals surface area contributed by atoms with Crippen LogP contribution in [0.3, 0.4) is 0 Å². The van der Waals surface area contributed by atoms with Crippen LogP contribution in [0.1, 0.15) is 35.7 Å². The molecule has 0 radical (unpaired) electrons. The van der Waals surface area contributed by atoms with E-state index in [0.717, 1.165) is 0 Å². The molecule has 0 aliphatic carbocycles. The SMILES string of the molecule is CC(C)c1ccc(C(=O)Cl)cc1S(N)(=O)=O. The zero-order valence-corrected chi connectivity index (χ0v) is 10.5. The average Bonchev–Trinajstić information content (AvgIpc) is 2.15. The molecule has 1 aromatic carbocycles. The smallest absolute Gasteiger partial charge is 0.252 e. The summed E-state index contributed by atoms with van der Waals surface area (Å²) < 4.78 is 22.7. The van der Waals surface area contributed by atoms with Gasteiger partial charge in [-0.25, -0.2) is 13.6 Å². The van der Waals surface area contributed by atoms with E-state index < -0.39 is 15.3 Å². The summed E-state index contributed by atoms with van der Waals surface area (Å²) in [7, 11) is -3.85. The van der Waals surface area contributed by atoms with Gasteiger partial charge < -0.3 is 0 Å². The lowest BCUT2D eigenvalue weighted by atomic mass is 10.0. The fourth-order valence-corrected chi connectivity index (χ4v) is 2.42. The van der Waals surface area contributed by atoms with Crippen molar-refractivity contribution in [1.29, 1.82) is 0 Å². The van der Waals surface area contributed by atoms with Gasteiger partial charge in [0.15, 0.2) is 0 Å². The van der Waals surface area contributed by atoms with Crippen LogP contribution in [-0.4, -0.2) is 13.7 Å². The molecule has 6 heteroatoms. The summed E-state index contributed by atoms with van der Waals surface area (Å²) in [6.45, 7) is 3.68. The lowest BCUT2D eigenvalue weighted by molar-refractivity contribution is 0.108. The van der Waals surface area contributed by atoms with Gasteiger partial charge in [0.05, 0.1) is 4.90 Å². The molecule has 0 bridgehead atoms. The minimum atomic E-state index is -3.85. The van der Waals surface area contributed by atoms with Gasteiger partial charge >= 0.3 is 0 Å². The molecule has 0 amide bonds. The number of sulfonamides is 1. The van der Waals surface area contributed by atoms with Gasteiger partial charge in [0.25, 0.3) is 5.24 Å². The number of hydrogen-bond acceptors (Lipinski definition) is 3. The van der Waals surface area contributed by atoms with E-state index in [1.807, 2.05) is 13.8 Å². The molecule has 0 atom stereocenters. The first-order valence-electron chi connectivity index (χ1n) is 4.60. The van der Waals surface area contributed by atoms with E-state index >= 15 is 0 Å². The fraction of sp³-hybridized carbons (Fsp3) is 0.300. The van der Waals surface area contributed by atoms with E-state index in [4.69, 9.17) is 16.7 Å². The number of nitrogens with two attached hydrogens (primary N) is 1. The van der Waals surface area contributed by atoms with Crippen molar-refractivity contribution in [2.45, 2.75) is 24.7 Å². The van der Waals surface area contributed by atoms with Crippen LogP contribution in [0, 0.1) is 0 Å². The van der Waals surface area contributed by atoms with Crippen molar-refractivity contribution in [2.75, 3.05) is 0 Å². The Morgan fingerprint density at radius 2 is 1.94 bits per heavy atom. The summed E-state index contributed by atoms with van der Waals surface area (Å²) in [5.74, 6) is -0.00666. The second-order valence-electron chi connectivity index (χ2n) is 3.73. The number of carbonyl (C=O) groups is 1. The van der Waals surface area contributed by atoms with E-state index in [1.165, 1.54) is 12.1 Å². The lowest BCUT2D eigenvalue weighted by Crippen LogP contribution is -2.15. The third kappa shape index (κ3) is 2.81. The predicted octanol–water partition coefficient (Wildman–Crippen LogP) is 1.84. The molecule has 0 aromatic heterocycles. The van der Waals surface area contributed by atoms with Gasteiger partial charge in [0.2, 0.25) is 10.0 Å². The van der Waals surface area contributed by atoms with E-state index in [1.54, 1.807) is 6.07 Å². The normalized spacial score (nSPS) is 11.8. The Morgan fingerprint density at radius 3 is 2.31 bits per heavy atom. The number of rotatable bonds is 3. The Hall–Kier alpha value is -0.910. The van der Waals surface area contributed by atoms with Crippen molar-refractivity contribution in [3.8, 4) is 0 Å². The topological polar surface area (TPSA) is 77.2 Å². The first kappa shape index (κ1) is 13.2. The molecule has 0 unspecified atom stereocenters. The molecule has 1 aromatic rings. The minimum absolute atomic E-state index is 0.00666. The Labute approximate surface area is 99.5 Å². The third-order valence-electron chi connectivity index (χ3n) is 2.17. The zero-order chi connectivity index (χ0) is 12.5. The van der Waals surface area contributed by atoms with Crippen LogP contribution in [-0.2, 0) is 10.0 Å². The van der Waals surface area contributed by atoms with Crippen LogP contribution < -0.4 is 5.14 Å². The highest BCUT2D eigenvalue weighted by atomic mass is 35.5. The van der Waals surface area contributed by atoms with Gasteiger partial charge in [-0.05, 0) is 35.2 Å². The maximum absolute atomic E-state index is 11.4. The standard InChI is InChI=1S/C10H12ClNO3S/c1-6(2)8-4-3-7(10(11)13)5-9(8)16(12,14)15/h3-6H,1-2H3,(H2,12,14,15). The average molecular weight is 262 g/mol. The molecule has 0 spiro atoms. The largest absolute Gasteiger partial charge is 0.276 e. The van der Waals surface area contributed by atoms with Crippen molar-refractivity contribution in [3.63, 3.8) is 0 Å². The Kier molecular flexibility index (Phi) is 3.72. The van der Waals surface area contributed by atoms with Gasteiger partial charge in [-0.1, -0.05) is 19.9 Å². The van der Waals surface area contributed by atoms with E-state index in [-0.39, 0.29) is 16.4 Å². The highest BCUT2D eigenvalue weighted by Crippen LogP contribution is 2.24. The first-order chi connectivity index (χ1) is 7.23. The van der Waals surface area contributed by atoms with Crippen molar-refractivity contribution in [1.82, 2.24) is 0 Å². The van der Waals surface area contributed by atoms with E-state index in [2.05, 4.69) is 0 Å². The molecule has 88 valence electrons. The van der Waals surface area contributed by atoms with Gasteiger partial charge in [-0.15, -0.1) is 0 Å². The molecule has 0 aliphatic heterocycles. The summed E-state index contributed by atoms with van der Waals surface area (Å²) in [6, 6.07) is 4.25. The number of primary sulfonamides is 1. The second-order valence-corrected chi connectivity index (χ2v) is 5.60. The fourth-order valence-electron chi connectivity index (χ4n) is 1.38. The van der Waals surface area contributed by atoms with Gasteiger partial charge in [-0.3, -0.25) is 4.79 Å². The van der Waals surface area contributed by atoms with Gasteiger partial charge in [0.1, 0.15) is 0 Å².